The van der Waals surface area contributed by atoms with Crippen molar-refractivity contribution in [3.63, 3.8) is 0 Å². The molecule has 0 spiro atoms. The summed E-state index contributed by atoms with van der Waals surface area (Å²) in [5.41, 5.74) is 2.52. The maximum absolute atomic E-state index is 4.27. The van der Waals surface area contributed by atoms with Gasteiger partial charge in [-0.15, -0.1) is 23.7 Å². The number of aromatic amines is 1. The number of nitrogens with zero attached hydrogens (tertiary/aromatic N) is 3. The molecule has 2 aromatic rings. The van der Waals surface area contributed by atoms with E-state index in [0.717, 1.165) is 25.7 Å². The molecule has 2 fully saturated rings. The summed E-state index contributed by atoms with van der Waals surface area (Å²) in [6.45, 7) is 8.07. The molecule has 126 valence electrons. The first-order valence-corrected chi connectivity index (χ1v) is 9.01. The van der Waals surface area contributed by atoms with Gasteiger partial charge in [0, 0.05) is 57.4 Å². The van der Waals surface area contributed by atoms with Gasteiger partial charge in [-0.25, -0.2) is 0 Å². The zero-order valence-corrected chi connectivity index (χ0v) is 14.8. The van der Waals surface area contributed by atoms with Gasteiger partial charge in [-0.1, -0.05) is 6.07 Å². The minimum absolute atomic E-state index is 0. The number of likely N-dealkylation sites (tertiary alicyclic amines) is 1. The second-order valence-electron chi connectivity index (χ2n) is 6.21. The van der Waals surface area contributed by atoms with Crippen molar-refractivity contribution in [3.8, 4) is 10.6 Å². The Morgan fingerprint density at radius 2 is 2.13 bits per heavy atom. The first-order valence-electron chi connectivity index (χ1n) is 8.13. The van der Waals surface area contributed by atoms with Crippen LogP contribution in [0.5, 0.6) is 0 Å². The Morgan fingerprint density at radius 1 is 1.26 bits per heavy atom. The van der Waals surface area contributed by atoms with Gasteiger partial charge in [-0.2, -0.15) is 5.10 Å². The van der Waals surface area contributed by atoms with Crippen LogP contribution >= 0.6 is 23.7 Å². The topological polar surface area (TPSA) is 47.2 Å². The molecule has 0 bridgehead atoms. The summed E-state index contributed by atoms with van der Waals surface area (Å²) >= 11 is 1.77. The number of halogens is 1. The lowest BCUT2D eigenvalue weighted by molar-refractivity contribution is 0.170. The molecule has 5 nitrogen and oxygen atoms in total. The van der Waals surface area contributed by atoms with Crippen molar-refractivity contribution >= 4 is 23.7 Å². The summed E-state index contributed by atoms with van der Waals surface area (Å²) in [7, 11) is 0. The molecule has 2 saturated heterocycles. The van der Waals surface area contributed by atoms with Crippen LogP contribution in [0.4, 0.5) is 0 Å². The molecule has 4 rings (SSSR count). The SMILES string of the molecule is Cl.c1csc(-c2[nH]ncc2CN2CCC(N3CCNCC3)C2)c1. The molecule has 2 N–H and O–H groups in total. The highest BCUT2D eigenvalue weighted by Gasteiger charge is 2.28. The number of hydrogen-bond donors (Lipinski definition) is 2. The van der Waals surface area contributed by atoms with Gasteiger partial charge in [0.15, 0.2) is 0 Å². The van der Waals surface area contributed by atoms with Gasteiger partial charge in [-0.05, 0) is 17.9 Å². The van der Waals surface area contributed by atoms with Crippen molar-refractivity contribution in [2.75, 3.05) is 39.3 Å². The smallest absolute Gasteiger partial charge is 0.0794 e. The normalized spacial score (nSPS) is 23.0. The van der Waals surface area contributed by atoms with Crippen LogP contribution in [-0.2, 0) is 6.54 Å². The number of rotatable bonds is 4. The van der Waals surface area contributed by atoms with E-state index in [1.165, 1.54) is 48.7 Å². The van der Waals surface area contributed by atoms with Crippen LogP contribution < -0.4 is 5.32 Å². The van der Waals surface area contributed by atoms with E-state index in [9.17, 15) is 0 Å². The number of hydrogen-bond acceptors (Lipinski definition) is 5. The first kappa shape index (κ1) is 16.9. The molecule has 2 aliphatic rings. The van der Waals surface area contributed by atoms with Crippen LogP contribution in [0.3, 0.4) is 0 Å². The second kappa shape index (κ2) is 7.77. The third-order valence-electron chi connectivity index (χ3n) is 4.79. The fourth-order valence-electron chi connectivity index (χ4n) is 3.61. The fraction of sp³-hybridized carbons (Fsp3) is 0.562. The van der Waals surface area contributed by atoms with E-state index < -0.39 is 0 Å². The van der Waals surface area contributed by atoms with Crippen molar-refractivity contribution in [1.82, 2.24) is 25.3 Å². The van der Waals surface area contributed by atoms with E-state index in [1.807, 2.05) is 6.20 Å². The Hall–Kier alpha value is -0.920. The Kier molecular flexibility index (Phi) is 5.71. The van der Waals surface area contributed by atoms with Crippen LogP contribution in [0.15, 0.2) is 23.7 Å². The summed E-state index contributed by atoms with van der Waals surface area (Å²) in [6.07, 6.45) is 3.29. The van der Waals surface area contributed by atoms with Crippen LogP contribution in [0.1, 0.15) is 12.0 Å². The van der Waals surface area contributed by atoms with Crippen molar-refractivity contribution in [1.29, 1.82) is 0 Å². The predicted molar refractivity (Wildman–Crippen MR) is 97.3 cm³/mol. The summed E-state index contributed by atoms with van der Waals surface area (Å²) in [6, 6.07) is 5.00. The lowest BCUT2D eigenvalue weighted by atomic mass is 10.2. The minimum atomic E-state index is 0. The lowest BCUT2D eigenvalue weighted by Crippen LogP contribution is -2.49. The molecule has 1 atom stereocenters. The molecule has 1 unspecified atom stereocenters. The van der Waals surface area contributed by atoms with E-state index in [4.69, 9.17) is 0 Å². The Labute approximate surface area is 147 Å². The summed E-state index contributed by atoms with van der Waals surface area (Å²) in [5, 5.41) is 13.0. The minimum Gasteiger partial charge on any atom is -0.314 e. The predicted octanol–water partition coefficient (Wildman–Crippen LogP) is 2.04. The molecule has 0 aromatic carbocycles. The first-order chi connectivity index (χ1) is 10.9. The number of nitrogens with one attached hydrogen (secondary N) is 2. The summed E-state index contributed by atoms with van der Waals surface area (Å²) < 4.78 is 0. The molecule has 23 heavy (non-hydrogen) atoms. The zero-order chi connectivity index (χ0) is 14.8. The molecule has 7 heteroatoms. The van der Waals surface area contributed by atoms with Gasteiger partial charge < -0.3 is 5.32 Å². The fourth-order valence-corrected chi connectivity index (χ4v) is 4.36. The molecule has 0 aliphatic carbocycles. The zero-order valence-electron chi connectivity index (χ0n) is 13.2. The Morgan fingerprint density at radius 3 is 2.91 bits per heavy atom. The van der Waals surface area contributed by atoms with E-state index in [2.05, 4.69) is 42.8 Å². The Balaban J connectivity index is 0.00000156. The van der Waals surface area contributed by atoms with Crippen molar-refractivity contribution in [2.24, 2.45) is 0 Å². The second-order valence-corrected chi connectivity index (χ2v) is 7.16. The third kappa shape index (κ3) is 3.78. The molecular formula is C16H24ClN5S. The quantitative estimate of drug-likeness (QED) is 0.883. The van der Waals surface area contributed by atoms with E-state index in [-0.39, 0.29) is 12.4 Å². The molecule has 2 aliphatic heterocycles. The monoisotopic (exact) mass is 353 g/mol. The van der Waals surface area contributed by atoms with Crippen LogP contribution in [0.2, 0.25) is 0 Å². The van der Waals surface area contributed by atoms with Crippen molar-refractivity contribution in [3.05, 3.63) is 29.3 Å². The number of thiophene rings is 1. The highest BCUT2D eigenvalue weighted by Crippen LogP contribution is 2.27. The molecule has 0 saturated carbocycles. The highest BCUT2D eigenvalue weighted by atomic mass is 35.5. The molecule has 4 heterocycles. The van der Waals surface area contributed by atoms with Crippen LogP contribution in [0, 0.1) is 0 Å². The maximum Gasteiger partial charge on any atom is 0.0794 e. The number of aromatic nitrogens is 2. The average Bonchev–Trinajstić information content (AvgIpc) is 3.30. The molecule has 2 aromatic heterocycles. The summed E-state index contributed by atoms with van der Waals surface area (Å²) in [5.74, 6) is 0. The van der Waals surface area contributed by atoms with Gasteiger partial charge in [0.1, 0.15) is 0 Å². The van der Waals surface area contributed by atoms with E-state index in [0.29, 0.717) is 0 Å². The van der Waals surface area contributed by atoms with Gasteiger partial charge in [0.2, 0.25) is 0 Å². The van der Waals surface area contributed by atoms with Crippen molar-refractivity contribution < 1.29 is 0 Å². The maximum atomic E-state index is 4.27. The standard InChI is InChI=1S/C16H23N5S.ClH/c1-2-15(22-9-1)16-13(10-18-19-16)11-20-6-3-14(12-20)21-7-4-17-5-8-21;/h1-2,9-10,14,17H,3-8,11-12H2,(H,18,19);1H. The van der Waals surface area contributed by atoms with E-state index in [1.54, 1.807) is 11.3 Å². The molecule has 0 radical (unpaired) electrons. The van der Waals surface area contributed by atoms with Gasteiger partial charge in [0.05, 0.1) is 16.8 Å². The van der Waals surface area contributed by atoms with Gasteiger partial charge in [0.25, 0.3) is 0 Å². The van der Waals surface area contributed by atoms with Gasteiger partial charge in [-0.3, -0.25) is 14.9 Å². The van der Waals surface area contributed by atoms with Crippen LogP contribution in [0.25, 0.3) is 10.6 Å². The third-order valence-corrected chi connectivity index (χ3v) is 5.68. The largest absolute Gasteiger partial charge is 0.314 e. The van der Waals surface area contributed by atoms with Crippen LogP contribution in [-0.4, -0.2) is 65.3 Å². The Bertz CT molecular complexity index is 593. The van der Waals surface area contributed by atoms with Crippen molar-refractivity contribution in [2.45, 2.75) is 19.0 Å². The number of piperazine rings is 1. The lowest BCUT2D eigenvalue weighted by Gasteiger charge is -2.32. The molecular weight excluding hydrogens is 330 g/mol. The average molecular weight is 354 g/mol. The molecule has 0 amide bonds. The van der Waals surface area contributed by atoms with Gasteiger partial charge >= 0.3 is 0 Å². The number of H-pyrrole nitrogens is 1. The van der Waals surface area contributed by atoms with E-state index >= 15 is 0 Å². The summed E-state index contributed by atoms with van der Waals surface area (Å²) in [4.78, 5) is 6.52. The highest BCUT2D eigenvalue weighted by molar-refractivity contribution is 7.13.